The Kier molecular flexibility index (Phi) is 7.91. The predicted molar refractivity (Wildman–Crippen MR) is 127 cm³/mol. The number of rotatable bonds is 8. The van der Waals surface area contributed by atoms with Gasteiger partial charge >= 0.3 is 11.9 Å². The third-order valence-corrected chi connectivity index (χ3v) is 5.27. The number of nitrogens with one attached hydrogen (secondary N) is 1. The van der Waals surface area contributed by atoms with Crippen molar-refractivity contribution in [3.8, 4) is 11.5 Å². The number of nitrogens with zero attached hydrogens (tertiary/aromatic N) is 1. The summed E-state index contributed by atoms with van der Waals surface area (Å²) < 4.78 is 22.9. The molecule has 0 bridgehead atoms. The lowest BCUT2D eigenvalue weighted by Gasteiger charge is -2.13. The Hall–Kier alpha value is -2.60. The van der Waals surface area contributed by atoms with E-state index in [1.165, 1.54) is 13.3 Å². The Morgan fingerprint density at radius 1 is 1.26 bits per heavy atom. The van der Waals surface area contributed by atoms with Crippen LogP contribution in [0.15, 0.2) is 50.4 Å². The molecule has 0 saturated heterocycles. The zero-order chi connectivity index (χ0) is 22.4. The average Bonchev–Trinajstić information content (AvgIpc) is 3.16. The van der Waals surface area contributed by atoms with Crippen LogP contribution < -0.4 is 14.9 Å². The molecule has 1 heterocycles. The number of esters is 1. The fourth-order valence-corrected chi connectivity index (χ4v) is 3.79. The van der Waals surface area contributed by atoms with Crippen LogP contribution in [-0.2, 0) is 9.53 Å². The molecule has 31 heavy (non-hydrogen) atoms. The Morgan fingerprint density at radius 3 is 2.81 bits per heavy atom. The zero-order valence-electron chi connectivity index (χ0n) is 16.6. The molecule has 0 aliphatic heterocycles. The van der Waals surface area contributed by atoms with E-state index in [2.05, 4.69) is 49.0 Å². The number of hydrogen-bond acceptors (Lipinski definition) is 7. The van der Waals surface area contributed by atoms with Gasteiger partial charge in [0.2, 0.25) is 0 Å². The van der Waals surface area contributed by atoms with E-state index in [0.717, 1.165) is 9.86 Å². The van der Waals surface area contributed by atoms with Gasteiger partial charge in [0.05, 0.1) is 23.5 Å². The summed E-state index contributed by atoms with van der Waals surface area (Å²) in [7, 11) is 1.49. The summed E-state index contributed by atoms with van der Waals surface area (Å²) in [5.41, 5.74) is 3.71. The minimum Gasteiger partial charge on any atom is -0.493 e. The van der Waals surface area contributed by atoms with Gasteiger partial charge in [-0.3, -0.25) is 4.79 Å². The monoisotopic (exact) mass is 600 g/mol. The van der Waals surface area contributed by atoms with Crippen LogP contribution in [0.5, 0.6) is 11.5 Å². The highest BCUT2D eigenvalue weighted by Gasteiger charge is 2.14. The van der Waals surface area contributed by atoms with E-state index in [1.54, 1.807) is 31.2 Å². The molecule has 3 aromatic rings. The maximum absolute atomic E-state index is 12.3. The lowest BCUT2D eigenvalue weighted by Crippen LogP contribution is -2.17. The second-order valence-electron chi connectivity index (χ2n) is 6.12. The van der Waals surface area contributed by atoms with E-state index < -0.39 is 11.9 Å². The molecule has 0 aliphatic rings. The molecule has 0 unspecified atom stereocenters. The molecule has 1 N–H and O–H groups in total. The number of halogens is 2. The fourth-order valence-electron chi connectivity index (χ4n) is 2.63. The number of fused-ring (bicyclic) bond motifs is 1. The fraction of sp³-hybridized carbons (Fsp3) is 0.190. The van der Waals surface area contributed by atoms with Crippen molar-refractivity contribution in [2.24, 2.45) is 5.10 Å². The van der Waals surface area contributed by atoms with Gasteiger partial charge in [-0.05, 0) is 71.5 Å². The van der Waals surface area contributed by atoms with Gasteiger partial charge in [-0.15, -0.1) is 0 Å². The summed E-state index contributed by atoms with van der Waals surface area (Å²) >= 11 is 5.45. The van der Waals surface area contributed by atoms with Gasteiger partial charge < -0.3 is 18.6 Å². The predicted octanol–water partition coefficient (Wildman–Crippen LogP) is 4.51. The van der Waals surface area contributed by atoms with Gasteiger partial charge in [0.1, 0.15) is 5.58 Å². The molecule has 2 aromatic carbocycles. The Bertz CT molecular complexity index is 1140. The highest BCUT2D eigenvalue weighted by atomic mass is 127. The number of carbonyl (C=O) groups excluding carboxylic acids is 2. The average molecular weight is 601 g/mol. The summed E-state index contributed by atoms with van der Waals surface area (Å²) in [4.78, 5) is 23.8. The smallest absolute Gasteiger partial charge is 0.344 e. The van der Waals surface area contributed by atoms with Crippen molar-refractivity contribution in [3.05, 3.63) is 55.8 Å². The van der Waals surface area contributed by atoms with Crippen molar-refractivity contribution >= 4 is 67.6 Å². The Labute approximate surface area is 200 Å². The number of ether oxygens (including phenoxy) is 3. The molecule has 8 nitrogen and oxygen atoms in total. The van der Waals surface area contributed by atoms with Gasteiger partial charge in [0, 0.05) is 9.86 Å². The van der Waals surface area contributed by atoms with E-state index in [0.29, 0.717) is 26.2 Å². The van der Waals surface area contributed by atoms with Crippen molar-refractivity contribution in [2.75, 3.05) is 20.3 Å². The first-order chi connectivity index (χ1) is 14.9. The van der Waals surface area contributed by atoms with Gasteiger partial charge in [-0.25, -0.2) is 10.2 Å². The standard InChI is InChI=1S/C21H18BrIN2O6/c1-3-29-19(26)11-30-20-15(23)6-12(7-17(20)28-2)10-24-25-21(27)18-9-13-8-14(22)4-5-16(13)31-18/h4-10H,3,11H2,1-2H3,(H,25,27)/b24-10+. The molecule has 0 spiro atoms. The molecule has 3 rings (SSSR count). The van der Waals surface area contributed by atoms with Crippen molar-refractivity contribution < 1.29 is 28.2 Å². The van der Waals surface area contributed by atoms with Gasteiger partial charge in [-0.2, -0.15) is 5.10 Å². The molecule has 0 atom stereocenters. The molecule has 0 radical (unpaired) electrons. The van der Waals surface area contributed by atoms with E-state index in [1.807, 2.05) is 12.1 Å². The summed E-state index contributed by atoms with van der Waals surface area (Å²) in [6.07, 6.45) is 1.47. The lowest BCUT2D eigenvalue weighted by molar-refractivity contribution is -0.145. The molecule has 0 aliphatic carbocycles. The highest BCUT2D eigenvalue weighted by Crippen LogP contribution is 2.33. The van der Waals surface area contributed by atoms with Gasteiger partial charge in [-0.1, -0.05) is 15.9 Å². The number of amides is 1. The highest BCUT2D eigenvalue weighted by molar-refractivity contribution is 14.1. The van der Waals surface area contributed by atoms with Crippen LogP contribution in [0.2, 0.25) is 0 Å². The molecular weight excluding hydrogens is 583 g/mol. The van der Waals surface area contributed by atoms with Crippen LogP contribution in [0.1, 0.15) is 23.0 Å². The van der Waals surface area contributed by atoms with E-state index in [9.17, 15) is 9.59 Å². The number of hydrogen-bond donors (Lipinski definition) is 1. The summed E-state index contributed by atoms with van der Waals surface area (Å²) in [5, 5.41) is 4.79. The minimum absolute atomic E-state index is 0.153. The first-order valence-corrected chi connectivity index (χ1v) is 11.0. The molecule has 1 amide bonds. The maximum atomic E-state index is 12.3. The molecular formula is C21H18BrIN2O6. The lowest BCUT2D eigenvalue weighted by atomic mass is 10.2. The van der Waals surface area contributed by atoms with Crippen molar-refractivity contribution in [1.29, 1.82) is 0 Å². The van der Waals surface area contributed by atoms with Crippen LogP contribution in [0.4, 0.5) is 0 Å². The number of benzene rings is 2. The molecule has 0 fully saturated rings. The first-order valence-electron chi connectivity index (χ1n) is 9.09. The molecule has 0 saturated carbocycles. The third kappa shape index (κ3) is 5.97. The van der Waals surface area contributed by atoms with Crippen LogP contribution in [0.25, 0.3) is 11.0 Å². The van der Waals surface area contributed by atoms with E-state index in [4.69, 9.17) is 18.6 Å². The van der Waals surface area contributed by atoms with E-state index in [-0.39, 0.29) is 19.0 Å². The molecule has 162 valence electrons. The van der Waals surface area contributed by atoms with Crippen LogP contribution in [-0.4, -0.2) is 38.4 Å². The van der Waals surface area contributed by atoms with Crippen LogP contribution in [0, 0.1) is 3.57 Å². The normalized spacial score (nSPS) is 11.0. The number of carbonyl (C=O) groups is 2. The molecule has 1 aromatic heterocycles. The van der Waals surface area contributed by atoms with Crippen molar-refractivity contribution in [1.82, 2.24) is 5.43 Å². The Balaban J connectivity index is 1.68. The second kappa shape index (κ2) is 10.6. The third-order valence-electron chi connectivity index (χ3n) is 3.97. The topological polar surface area (TPSA) is 99.4 Å². The summed E-state index contributed by atoms with van der Waals surface area (Å²) in [5.74, 6) is 0.0593. The minimum atomic E-state index is -0.473. The quantitative estimate of drug-likeness (QED) is 0.177. The van der Waals surface area contributed by atoms with Gasteiger partial charge in [0.15, 0.2) is 23.9 Å². The first kappa shape index (κ1) is 23.1. The largest absolute Gasteiger partial charge is 0.493 e. The number of methoxy groups -OCH3 is 1. The summed E-state index contributed by atoms with van der Waals surface area (Å²) in [6.45, 7) is 1.78. The van der Waals surface area contributed by atoms with Gasteiger partial charge in [0.25, 0.3) is 0 Å². The second-order valence-corrected chi connectivity index (χ2v) is 8.20. The number of furan rings is 1. The van der Waals surface area contributed by atoms with E-state index >= 15 is 0 Å². The van der Waals surface area contributed by atoms with Crippen LogP contribution in [0.3, 0.4) is 0 Å². The zero-order valence-corrected chi connectivity index (χ0v) is 20.4. The van der Waals surface area contributed by atoms with Crippen LogP contribution >= 0.6 is 38.5 Å². The van der Waals surface area contributed by atoms with Crippen molar-refractivity contribution in [2.45, 2.75) is 6.92 Å². The summed E-state index contributed by atoms with van der Waals surface area (Å²) in [6, 6.07) is 10.6. The number of hydrazone groups is 1. The van der Waals surface area contributed by atoms with Crippen molar-refractivity contribution in [3.63, 3.8) is 0 Å². The molecule has 10 heteroatoms. The maximum Gasteiger partial charge on any atom is 0.344 e. The SMILES string of the molecule is CCOC(=O)COc1c(I)cc(/C=N/NC(=O)c2cc3cc(Br)ccc3o2)cc1OC. The Morgan fingerprint density at radius 2 is 2.06 bits per heavy atom.